The summed E-state index contributed by atoms with van der Waals surface area (Å²) < 4.78 is 0. The molecule has 6 heteroatoms. The lowest BCUT2D eigenvalue weighted by molar-refractivity contribution is -0.143. The molecule has 1 saturated heterocycles. The molecule has 0 bridgehead atoms. The van der Waals surface area contributed by atoms with Crippen LogP contribution in [0.15, 0.2) is 48.5 Å². The van der Waals surface area contributed by atoms with Crippen LogP contribution in [0.2, 0.25) is 0 Å². The third-order valence-electron chi connectivity index (χ3n) is 6.77. The molecular weight excluding hydrogens is 406 g/mol. The fraction of sp³-hybridized carbons (Fsp3) is 0.440. The van der Waals surface area contributed by atoms with Crippen LogP contribution in [0.3, 0.4) is 0 Å². The van der Waals surface area contributed by atoms with Gasteiger partial charge in [-0.05, 0) is 42.0 Å². The Morgan fingerprint density at radius 1 is 1.03 bits per heavy atom. The zero-order valence-electron chi connectivity index (χ0n) is 17.8. The van der Waals surface area contributed by atoms with Gasteiger partial charge < -0.3 is 15.1 Å². The number of anilines is 1. The first-order valence-electron chi connectivity index (χ1n) is 11.3. The topological polar surface area (TPSA) is 52.7 Å². The monoisotopic (exact) mass is 435 g/mol. The van der Waals surface area contributed by atoms with E-state index >= 15 is 0 Å². The van der Waals surface area contributed by atoms with Gasteiger partial charge in [-0.25, -0.2) is 0 Å². The van der Waals surface area contributed by atoms with Gasteiger partial charge in [0.05, 0.1) is 5.88 Å². The van der Waals surface area contributed by atoms with Crippen LogP contribution in [0.25, 0.3) is 0 Å². The van der Waals surface area contributed by atoms with Gasteiger partial charge in [-0.1, -0.05) is 48.9 Å². The van der Waals surface area contributed by atoms with E-state index in [1.807, 2.05) is 0 Å². The van der Waals surface area contributed by atoms with Gasteiger partial charge in [0.15, 0.2) is 0 Å². The van der Waals surface area contributed by atoms with E-state index in [1.54, 1.807) is 16.7 Å². The van der Waals surface area contributed by atoms with E-state index in [4.69, 9.17) is 0 Å². The maximum atomic E-state index is 12.8. The molecule has 162 valence electrons. The Morgan fingerprint density at radius 3 is 2.58 bits per heavy atom. The van der Waals surface area contributed by atoms with Crippen LogP contribution in [0.4, 0.5) is 5.69 Å². The minimum atomic E-state index is -0.326. The Labute approximate surface area is 188 Å². The molecule has 1 unspecified atom stereocenters. The molecule has 2 aromatic rings. The van der Waals surface area contributed by atoms with E-state index in [-0.39, 0.29) is 23.8 Å². The molecule has 1 atom stereocenters. The van der Waals surface area contributed by atoms with Crippen molar-refractivity contribution in [1.29, 1.82) is 0 Å². The number of carbonyl (C=O) groups is 2. The molecule has 5 nitrogen and oxygen atoms in total. The molecule has 2 fully saturated rings. The van der Waals surface area contributed by atoms with Crippen molar-refractivity contribution in [3.63, 3.8) is 0 Å². The average Bonchev–Trinajstić information content (AvgIpc) is 3.40. The van der Waals surface area contributed by atoms with Crippen LogP contribution in [-0.2, 0) is 29.1 Å². The maximum Gasteiger partial charge on any atom is 0.243 e. The first-order chi connectivity index (χ1) is 15.2. The predicted octanol–water partition coefficient (Wildman–Crippen LogP) is 3.57. The number of nitrogens with one attached hydrogen (secondary N) is 1. The summed E-state index contributed by atoms with van der Waals surface area (Å²) in [5.74, 6) is 1.62. The molecule has 2 heterocycles. The van der Waals surface area contributed by atoms with E-state index in [2.05, 4.69) is 58.7 Å². The summed E-state index contributed by atoms with van der Waals surface area (Å²) in [5.41, 5.74) is 5.13. The van der Waals surface area contributed by atoms with Crippen molar-refractivity contribution in [2.24, 2.45) is 5.92 Å². The van der Waals surface area contributed by atoms with E-state index in [0.717, 1.165) is 44.3 Å². The Balaban J connectivity index is 1.14. The van der Waals surface area contributed by atoms with Crippen molar-refractivity contribution in [2.45, 2.75) is 44.8 Å². The molecule has 2 amide bonds. The molecule has 1 N–H and O–H groups in total. The van der Waals surface area contributed by atoms with Gasteiger partial charge in [0.1, 0.15) is 6.04 Å². The summed E-state index contributed by atoms with van der Waals surface area (Å²) in [5, 5.41) is 3.05. The van der Waals surface area contributed by atoms with Crippen molar-refractivity contribution >= 4 is 29.3 Å². The fourth-order valence-electron chi connectivity index (χ4n) is 4.63. The average molecular weight is 436 g/mol. The molecule has 0 spiro atoms. The summed E-state index contributed by atoms with van der Waals surface area (Å²) in [7, 11) is 0. The number of nitrogens with zero attached hydrogens (tertiary/aromatic N) is 2. The summed E-state index contributed by atoms with van der Waals surface area (Å²) in [6.07, 6.45) is 4.20. The second-order valence-electron chi connectivity index (χ2n) is 8.79. The van der Waals surface area contributed by atoms with Crippen molar-refractivity contribution in [3.8, 4) is 0 Å². The molecule has 0 radical (unpaired) electrons. The standard InChI is InChI=1S/C25H29N3O2S/c29-24(23-16-31-17-28(23)25(30)21-5-3-6-21)26-14-18-8-10-19(11-9-18)15-27-13-12-20-4-1-2-7-22(20)27/h1-2,4,7-11,21,23H,3,5-6,12-17H2,(H,26,29). The quantitative estimate of drug-likeness (QED) is 0.754. The van der Waals surface area contributed by atoms with Crippen molar-refractivity contribution in [3.05, 3.63) is 65.2 Å². The third-order valence-corrected chi connectivity index (χ3v) is 7.78. The molecule has 3 aliphatic rings. The highest BCUT2D eigenvalue weighted by molar-refractivity contribution is 7.99. The van der Waals surface area contributed by atoms with E-state index in [0.29, 0.717) is 18.2 Å². The van der Waals surface area contributed by atoms with Gasteiger partial charge in [-0.3, -0.25) is 9.59 Å². The minimum Gasteiger partial charge on any atom is -0.367 e. The predicted molar refractivity (Wildman–Crippen MR) is 125 cm³/mol. The molecule has 2 aromatic carbocycles. The number of rotatable bonds is 6. The number of thioether (sulfide) groups is 1. The van der Waals surface area contributed by atoms with Gasteiger partial charge in [0.2, 0.25) is 11.8 Å². The zero-order chi connectivity index (χ0) is 21.2. The maximum absolute atomic E-state index is 12.8. The number of fused-ring (bicyclic) bond motifs is 1. The fourth-order valence-corrected chi connectivity index (χ4v) is 5.79. The summed E-state index contributed by atoms with van der Waals surface area (Å²) in [6.45, 7) is 2.46. The summed E-state index contributed by atoms with van der Waals surface area (Å²) in [6, 6.07) is 16.8. The summed E-state index contributed by atoms with van der Waals surface area (Å²) >= 11 is 1.67. The Hall–Kier alpha value is -2.47. The second-order valence-corrected chi connectivity index (χ2v) is 9.79. The number of hydrogen-bond acceptors (Lipinski definition) is 4. The number of hydrogen-bond donors (Lipinski definition) is 1. The highest BCUT2D eigenvalue weighted by Gasteiger charge is 2.39. The lowest BCUT2D eigenvalue weighted by Gasteiger charge is -2.31. The van der Waals surface area contributed by atoms with Crippen LogP contribution in [0, 0.1) is 5.92 Å². The van der Waals surface area contributed by atoms with Crippen LogP contribution in [-0.4, -0.2) is 40.9 Å². The molecular formula is C25H29N3O2S. The van der Waals surface area contributed by atoms with Gasteiger partial charge in [-0.2, -0.15) is 0 Å². The smallest absolute Gasteiger partial charge is 0.243 e. The molecule has 1 saturated carbocycles. The molecule has 31 heavy (non-hydrogen) atoms. The van der Waals surface area contributed by atoms with Crippen molar-refractivity contribution < 1.29 is 9.59 Å². The number of carbonyl (C=O) groups excluding carboxylic acids is 2. The van der Waals surface area contributed by atoms with Crippen LogP contribution >= 0.6 is 11.8 Å². The van der Waals surface area contributed by atoms with Crippen LogP contribution < -0.4 is 10.2 Å². The lowest BCUT2D eigenvalue weighted by Crippen LogP contribution is -2.49. The van der Waals surface area contributed by atoms with Crippen LogP contribution in [0.1, 0.15) is 36.0 Å². The van der Waals surface area contributed by atoms with E-state index in [1.165, 1.54) is 16.8 Å². The van der Waals surface area contributed by atoms with E-state index < -0.39 is 0 Å². The minimum absolute atomic E-state index is 0.0320. The van der Waals surface area contributed by atoms with Gasteiger partial charge in [0, 0.05) is 37.0 Å². The second kappa shape index (κ2) is 8.95. The summed E-state index contributed by atoms with van der Waals surface area (Å²) in [4.78, 5) is 29.6. The highest BCUT2D eigenvalue weighted by atomic mass is 32.2. The van der Waals surface area contributed by atoms with Gasteiger partial charge >= 0.3 is 0 Å². The molecule has 2 aliphatic heterocycles. The highest BCUT2D eigenvalue weighted by Crippen LogP contribution is 2.32. The number of benzene rings is 2. The Morgan fingerprint density at radius 2 is 1.81 bits per heavy atom. The molecule has 5 rings (SSSR count). The Kier molecular flexibility index (Phi) is 5.90. The number of amides is 2. The first kappa shape index (κ1) is 20.4. The Bertz CT molecular complexity index is 957. The van der Waals surface area contributed by atoms with Crippen molar-refractivity contribution in [1.82, 2.24) is 10.2 Å². The zero-order valence-corrected chi connectivity index (χ0v) is 18.6. The number of para-hydroxylation sites is 1. The van der Waals surface area contributed by atoms with Gasteiger partial charge in [-0.15, -0.1) is 11.8 Å². The first-order valence-corrected chi connectivity index (χ1v) is 12.4. The normalized spacial score (nSPS) is 20.5. The SMILES string of the molecule is O=C(NCc1ccc(CN2CCc3ccccc32)cc1)C1CSCN1C(=O)C1CCC1. The third kappa shape index (κ3) is 4.31. The molecule has 0 aromatic heterocycles. The van der Waals surface area contributed by atoms with Crippen LogP contribution in [0.5, 0.6) is 0 Å². The largest absolute Gasteiger partial charge is 0.367 e. The van der Waals surface area contributed by atoms with Crippen molar-refractivity contribution in [2.75, 3.05) is 23.1 Å². The lowest BCUT2D eigenvalue weighted by atomic mass is 9.84. The van der Waals surface area contributed by atoms with E-state index in [9.17, 15) is 9.59 Å². The van der Waals surface area contributed by atoms with Gasteiger partial charge in [0.25, 0.3) is 0 Å². The molecule has 1 aliphatic carbocycles.